The first-order valence-electron chi connectivity index (χ1n) is 16.9. The second-order valence-corrected chi connectivity index (χ2v) is 13.0. The molecule has 0 bridgehead atoms. The van der Waals surface area contributed by atoms with Crippen LogP contribution in [0.4, 0.5) is 8.78 Å². The van der Waals surface area contributed by atoms with Crippen molar-refractivity contribution in [3.63, 3.8) is 0 Å². The summed E-state index contributed by atoms with van der Waals surface area (Å²) in [5.74, 6) is -1.68. The van der Waals surface area contributed by atoms with Crippen molar-refractivity contribution in [3.8, 4) is 28.3 Å². The van der Waals surface area contributed by atoms with Crippen LogP contribution in [-0.2, 0) is 16.1 Å². The lowest BCUT2D eigenvalue weighted by molar-refractivity contribution is -0.149. The Morgan fingerprint density at radius 1 is 0.833 bits per heavy atom. The molecule has 2 aliphatic rings. The Labute approximate surface area is 277 Å². The molecule has 8 rings (SSSR count). The van der Waals surface area contributed by atoms with Crippen LogP contribution in [0.3, 0.4) is 0 Å². The molecule has 0 N–H and O–H groups in total. The second-order valence-electron chi connectivity index (χ2n) is 13.0. The Kier molecular flexibility index (Phi) is 7.95. The van der Waals surface area contributed by atoms with Gasteiger partial charge in [0, 0.05) is 29.2 Å². The molecule has 48 heavy (non-hydrogen) atoms. The first-order valence-corrected chi connectivity index (χ1v) is 16.9. The smallest absolute Gasteiger partial charge is 0.308 e. The fraction of sp³-hybridized carbons (Fsp3) is 0.300. The van der Waals surface area contributed by atoms with Gasteiger partial charge in [-0.3, -0.25) is 9.36 Å². The van der Waals surface area contributed by atoms with E-state index in [0.29, 0.717) is 56.0 Å². The largest absolute Gasteiger partial charge is 0.466 e. The van der Waals surface area contributed by atoms with E-state index in [2.05, 4.69) is 27.9 Å². The first kappa shape index (κ1) is 30.4. The molecule has 2 fully saturated rings. The van der Waals surface area contributed by atoms with E-state index in [9.17, 15) is 4.79 Å². The number of carbonyl (C=O) groups excluding carboxylic acids is 1. The van der Waals surface area contributed by atoms with E-state index in [1.54, 1.807) is 10.6 Å². The Balaban J connectivity index is 1.15. The Bertz CT molecular complexity index is 2110. The normalized spacial score (nSPS) is 18.0. The van der Waals surface area contributed by atoms with Crippen LogP contribution in [0.5, 0.6) is 6.01 Å². The van der Waals surface area contributed by atoms with Crippen LogP contribution in [0, 0.1) is 17.6 Å². The summed E-state index contributed by atoms with van der Waals surface area (Å²) in [6.07, 6.45) is 6.72. The van der Waals surface area contributed by atoms with E-state index >= 15 is 8.78 Å². The third-order valence-electron chi connectivity index (χ3n) is 9.82. The predicted molar refractivity (Wildman–Crippen MR) is 183 cm³/mol. The lowest BCUT2D eigenvalue weighted by atomic mass is 9.87. The van der Waals surface area contributed by atoms with E-state index < -0.39 is 11.6 Å². The Morgan fingerprint density at radius 2 is 1.56 bits per heavy atom. The molecule has 8 heteroatoms. The average molecular weight is 646 g/mol. The Morgan fingerprint density at radius 3 is 2.29 bits per heavy atom. The molecular formula is C40H37F2N3O3. The molecule has 0 radical (unpaired) electrons. The lowest BCUT2D eigenvalue weighted by Crippen LogP contribution is -2.29. The number of halogens is 2. The van der Waals surface area contributed by atoms with Gasteiger partial charge in [-0.1, -0.05) is 60.7 Å². The molecule has 0 spiro atoms. The maximum atomic E-state index is 16.5. The molecule has 0 aliphatic heterocycles. The second kappa shape index (κ2) is 12.6. The zero-order chi connectivity index (χ0) is 32.8. The molecule has 2 saturated carbocycles. The van der Waals surface area contributed by atoms with Crippen molar-refractivity contribution in [2.75, 3.05) is 6.61 Å². The van der Waals surface area contributed by atoms with Gasteiger partial charge in [0.15, 0.2) is 5.82 Å². The molecule has 0 amide bonds. The molecule has 2 aliphatic carbocycles. The van der Waals surface area contributed by atoms with Gasteiger partial charge in [0.2, 0.25) is 0 Å². The average Bonchev–Trinajstić information content (AvgIpc) is 3.78. The summed E-state index contributed by atoms with van der Waals surface area (Å²) in [6, 6.07) is 28.0. The molecule has 0 saturated heterocycles. The highest BCUT2D eigenvalue weighted by molar-refractivity contribution is 5.90. The van der Waals surface area contributed by atoms with Crippen LogP contribution in [0.25, 0.3) is 44.2 Å². The van der Waals surface area contributed by atoms with Crippen molar-refractivity contribution in [3.05, 3.63) is 108 Å². The fourth-order valence-electron chi connectivity index (χ4n) is 7.11. The van der Waals surface area contributed by atoms with Crippen LogP contribution in [-0.4, -0.2) is 32.8 Å². The SMILES string of the molecule is CCOC(=O)C1CCC(Oc2nc3c(F)c(-c4ccc5c(ccn5C5CC5)c4)c(F)cc3n2Cc2ccc(-c3ccccc3)cc2)CC1. The monoisotopic (exact) mass is 645 g/mol. The fourth-order valence-corrected chi connectivity index (χ4v) is 7.11. The summed E-state index contributed by atoms with van der Waals surface area (Å²) in [5.41, 5.74) is 4.98. The Hall–Kier alpha value is -4.98. The van der Waals surface area contributed by atoms with E-state index in [1.807, 2.05) is 67.6 Å². The van der Waals surface area contributed by atoms with Gasteiger partial charge < -0.3 is 14.0 Å². The van der Waals surface area contributed by atoms with E-state index in [1.165, 1.54) is 6.07 Å². The highest BCUT2D eigenvalue weighted by atomic mass is 19.1. The van der Waals surface area contributed by atoms with Crippen molar-refractivity contribution in [2.45, 2.75) is 64.1 Å². The number of fused-ring (bicyclic) bond motifs is 2. The van der Waals surface area contributed by atoms with Gasteiger partial charge in [0.1, 0.15) is 17.4 Å². The van der Waals surface area contributed by atoms with Gasteiger partial charge in [-0.25, -0.2) is 8.78 Å². The summed E-state index contributed by atoms with van der Waals surface area (Å²) >= 11 is 0. The van der Waals surface area contributed by atoms with Crippen LogP contribution < -0.4 is 4.74 Å². The summed E-state index contributed by atoms with van der Waals surface area (Å²) in [6.45, 7) is 2.48. The third-order valence-corrected chi connectivity index (χ3v) is 9.82. The van der Waals surface area contributed by atoms with Gasteiger partial charge >= 0.3 is 5.97 Å². The molecule has 244 valence electrons. The number of ether oxygens (including phenoxy) is 2. The molecule has 0 unspecified atom stereocenters. The van der Waals surface area contributed by atoms with Crippen molar-refractivity contribution in [1.29, 1.82) is 0 Å². The van der Waals surface area contributed by atoms with Gasteiger partial charge in [-0.2, -0.15) is 4.98 Å². The van der Waals surface area contributed by atoms with E-state index in [0.717, 1.165) is 40.4 Å². The predicted octanol–water partition coefficient (Wildman–Crippen LogP) is 9.49. The molecule has 4 aromatic carbocycles. The van der Waals surface area contributed by atoms with Gasteiger partial charge in [0.05, 0.1) is 30.1 Å². The minimum absolute atomic E-state index is 0.0677. The van der Waals surface area contributed by atoms with Crippen LogP contribution >= 0.6 is 0 Å². The van der Waals surface area contributed by atoms with Crippen molar-refractivity contribution in [1.82, 2.24) is 14.1 Å². The number of imidazole rings is 1. The molecule has 2 heterocycles. The lowest BCUT2D eigenvalue weighted by Gasteiger charge is -2.27. The highest BCUT2D eigenvalue weighted by Crippen LogP contribution is 2.40. The summed E-state index contributed by atoms with van der Waals surface area (Å²) in [5, 5.41) is 0.949. The van der Waals surface area contributed by atoms with Crippen LogP contribution in [0.1, 0.15) is 57.1 Å². The number of nitrogens with zero attached hydrogens (tertiary/aromatic N) is 3. The number of rotatable bonds is 9. The van der Waals surface area contributed by atoms with Crippen molar-refractivity contribution >= 4 is 27.9 Å². The minimum Gasteiger partial charge on any atom is -0.466 e. The van der Waals surface area contributed by atoms with E-state index in [-0.39, 0.29) is 35.1 Å². The van der Waals surface area contributed by atoms with Gasteiger partial charge in [-0.05, 0) is 85.9 Å². The van der Waals surface area contributed by atoms with E-state index in [4.69, 9.17) is 9.47 Å². The number of carbonyl (C=O) groups is 1. The molecule has 2 aromatic heterocycles. The number of aromatic nitrogens is 3. The maximum Gasteiger partial charge on any atom is 0.308 e. The van der Waals surface area contributed by atoms with Crippen LogP contribution in [0.2, 0.25) is 0 Å². The molecular weight excluding hydrogens is 608 g/mol. The van der Waals surface area contributed by atoms with Crippen molar-refractivity contribution in [2.24, 2.45) is 5.92 Å². The zero-order valence-electron chi connectivity index (χ0n) is 26.9. The molecule has 6 nitrogen and oxygen atoms in total. The van der Waals surface area contributed by atoms with Gasteiger partial charge in [0.25, 0.3) is 6.01 Å². The van der Waals surface area contributed by atoms with Crippen molar-refractivity contribution < 1.29 is 23.0 Å². The van der Waals surface area contributed by atoms with Crippen LogP contribution in [0.15, 0.2) is 91.1 Å². The summed E-state index contributed by atoms with van der Waals surface area (Å²) in [4.78, 5) is 17.0. The summed E-state index contributed by atoms with van der Waals surface area (Å²) < 4.78 is 48.2. The third kappa shape index (κ3) is 5.74. The molecule has 0 atom stereocenters. The topological polar surface area (TPSA) is 58.3 Å². The number of esters is 1. The minimum atomic E-state index is -0.708. The standard InChI is InChI=1S/C40H37F2N3O3/c1-2-47-39(46)28-12-17-32(18-13-28)48-40-43-38-35(45(40)24-25-8-10-27(11-9-25)26-6-4-3-5-7-26)23-33(41)36(37(38)42)30-14-19-34-29(22-30)20-21-44(34)31-15-16-31/h3-11,14,19-23,28,31-32H,2,12-13,15-18,24H2,1H3. The highest BCUT2D eigenvalue weighted by Gasteiger charge is 2.30. The maximum absolute atomic E-state index is 16.5. The quantitative estimate of drug-likeness (QED) is 0.147. The van der Waals surface area contributed by atoms with Gasteiger partial charge in [-0.15, -0.1) is 0 Å². The zero-order valence-corrected chi connectivity index (χ0v) is 26.9. The number of benzene rings is 4. The molecule has 6 aromatic rings. The number of hydrogen-bond donors (Lipinski definition) is 0. The first-order chi connectivity index (χ1) is 23.5. The summed E-state index contributed by atoms with van der Waals surface area (Å²) in [7, 11) is 0. The number of hydrogen-bond acceptors (Lipinski definition) is 4.